The van der Waals surface area contributed by atoms with Crippen LogP contribution in [0, 0.1) is 13.8 Å². The summed E-state index contributed by atoms with van der Waals surface area (Å²) in [6.07, 6.45) is 10.2. The molecule has 148 valence electrons. The smallest absolute Gasteiger partial charge is 0.247 e. The van der Waals surface area contributed by atoms with Crippen molar-refractivity contribution in [2.75, 3.05) is 11.9 Å². The quantitative estimate of drug-likeness (QED) is 0.643. The molecule has 1 saturated heterocycles. The molecule has 1 N–H and O–H groups in total. The van der Waals surface area contributed by atoms with Gasteiger partial charge in [-0.3, -0.25) is 9.78 Å². The number of carbonyl (C=O) groups excluding carboxylic acids is 1. The Kier molecular flexibility index (Phi) is 5.62. The van der Waals surface area contributed by atoms with Gasteiger partial charge in [-0.2, -0.15) is 0 Å². The molecule has 4 rings (SSSR count). The van der Waals surface area contributed by atoms with Gasteiger partial charge in [-0.05, 0) is 44.4 Å². The molecule has 4 heterocycles. The molecule has 0 unspecified atom stereocenters. The van der Waals surface area contributed by atoms with Crippen molar-refractivity contribution in [3.05, 3.63) is 64.1 Å². The van der Waals surface area contributed by atoms with Crippen LogP contribution in [-0.4, -0.2) is 37.3 Å². The van der Waals surface area contributed by atoms with Crippen molar-refractivity contribution in [2.24, 2.45) is 0 Å². The second kappa shape index (κ2) is 8.48. The number of anilines is 2. The van der Waals surface area contributed by atoms with Crippen LogP contribution in [0.15, 0.2) is 42.2 Å². The Morgan fingerprint density at radius 1 is 1.21 bits per heavy atom. The Bertz CT molecular complexity index is 1050. The summed E-state index contributed by atoms with van der Waals surface area (Å²) in [7, 11) is 0. The van der Waals surface area contributed by atoms with E-state index in [9.17, 15) is 4.79 Å². The Morgan fingerprint density at radius 2 is 2.03 bits per heavy atom. The van der Waals surface area contributed by atoms with Crippen LogP contribution in [0.2, 0.25) is 0 Å². The Morgan fingerprint density at radius 3 is 2.83 bits per heavy atom. The summed E-state index contributed by atoms with van der Waals surface area (Å²) in [5.74, 6) is 1.34. The average Bonchev–Trinajstić information content (AvgIpc) is 3.37. The van der Waals surface area contributed by atoms with Gasteiger partial charge in [-0.25, -0.2) is 15.0 Å². The molecular formula is C21H22N6OS. The maximum atomic E-state index is 12.9. The largest absolute Gasteiger partial charge is 0.330 e. The third-order valence-electron chi connectivity index (χ3n) is 4.86. The zero-order chi connectivity index (χ0) is 20.2. The van der Waals surface area contributed by atoms with E-state index < -0.39 is 0 Å². The first-order chi connectivity index (χ1) is 14.1. The summed E-state index contributed by atoms with van der Waals surface area (Å²) < 4.78 is 0. The van der Waals surface area contributed by atoms with Gasteiger partial charge >= 0.3 is 0 Å². The molecule has 1 atom stereocenters. The van der Waals surface area contributed by atoms with Crippen molar-refractivity contribution in [3.63, 3.8) is 0 Å². The van der Waals surface area contributed by atoms with E-state index in [0.29, 0.717) is 12.4 Å². The predicted molar refractivity (Wildman–Crippen MR) is 114 cm³/mol. The monoisotopic (exact) mass is 406 g/mol. The van der Waals surface area contributed by atoms with Crippen LogP contribution < -0.4 is 5.32 Å². The molecule has 1 aliphatic rings. The van der Waals surface area contributed by atoms with Crippen LogP contribution >= 0.6 is 11.3 Å². The molecule has 0 bridgehead atoms. The number of likely N-dealkylation sites (tertiary alicyclic amines) is 1. The summed E-state index contributed by atoms with van der Waals surface area (Å²) >= 11 is 1.57. The summed E-state index contributed by atoms with van der Waals surface area (Å²) in [5.41, 5.74) is 2.59. The van der Waals surface area contributed by atoms with E-state index in [0.717, 1.165) is 40.6 Å². The van der Waals surface area contributed by atoms with Gasteiger partial charge in [0.15, 0.2) is 5.82 Å². The second-order valence-electron chi connectivity index (χ2n) is 6.90. The summed E-state index contributed by atoms with van der Waals surface area (Å²) in [5, 5.41) is 6.22. The minimum absolute atomic E-state index is 0.0382. The maximum absolute atomic E-state index is 12.9. The number of hydrogen-bond acceptors (Lipinski definition) is 7. The fourth-order valence-corrected chi connectivity index (χ4v) is 4.02. The molecule has 0 saturated carbocycles. The Labute approximate surface area is 173 Å². The van der Waals surface area contributed by atoms with Gasteiger partial charge < -0.3 is 10.2 Å². The molecule has 0 spiro atoms. The van der Waals surface area contributed by atoms with E-state index in [-0.39, 0.29) is 11.9 Å². The lowest BCUT2D eigenvalue weighted by atomic mass is 10.1. The van der Waals surface area contributed by atoms with Crippen molar-refractivity contribution < 1.29 is 4.79 Å². The Hall–Kier alpha value is -3.13. The SMILES string of the molecule is Cc1nc(/C=C/C(=O)N2CCC[C@@H]2c2nccnc2Nc2ncccc2C)cs1. The van der Waals surface area contributed by atoms with Crippen molar-refractivity contribution in [1.29, 1.82) is 0 Å². The predicted octanol–water partition coefficient (Wildman–Crippen LogP) is 4.07. The third kappa shape index (κ3) is 4.32. The average molecular weight is 407 g/mol. The highest BCUT2D eigenvalue weighted by molar-refractivity contribution is 7.09. The van der Waals surface area contributed by atoms with Crippen LogP contribution in [0.4, 0.5) is 11.6 Å². The normalized spacial score (nSPS) is 16.5. The highest BCUT2D eigenvalue weighted by Gasteiger charge is 2.32. The topological polar surface area (TPSA) is 83.9 Å². The number of aromatic nitrogens is 4. The number of amides is 1. The molecule has 1 fully saturated rings. The Balaban J connectivity index is 1.56. The summed E-state index contributed by atoms with van der Waals surface area (Å²) in [6.45, 7) is 4.64. The van der Waals surface area contributed by atoms with Gasteiger partial charge in [0.2, 0.25) is 5.91 Å². The molecule has 3 aromatic heterocycles. The van der Waals surface area contributed by atoms with Gasteiger partial charge in [-0.1, -0.05) is 6.07 Å². The van der Waals surface area contributed by atoms with E-state index in [4.69, 9.17) is 0 Å². The molecule has 8 heteroatoms. The summed E-state index contributed by atoms with van der Waals surface area (Å²) in [6, 6.07) is 3.76. The van der Waals surface area contributed by atoms with Gasteiger partial charge in [0.1, 0.15) is 11.5 Å². The number of hydrogen-bond donors (Lipinski definition) is 1. The molecule has 29 heavy (non-hydrogen) atoms. The van der Waals surface area contributed by atoms with E-state index in [1.807, 2.05) is 36.3 Å². The number of rotatable bonds is 5. The summed E-state index contributed by atoms with van der Waals surface area (Å²) in [4.78, 5) is 32.5. The first kappa shape index (κ1) is 19.2. The zero-order valence-electron chi connectivity index (χ0n) is 16.4. The number of carbonyl (C=O) groups is 1. The lowest BCUT2D eigenvalue weighted by Crippen LogP contribution is -2.30. The number of aryl methyl sites for hydroxylation is 2. The van der Waals surface area contributed by atoms with Crippen molar-refractivity contribution >= 4 is 35.0 Å². The molecular weight excluding hydrogens is 384 g/mol. The molecule has 3 aromatic rings. The molecule has 0 radical (unpaired) electrons. The van der Waals surface area contributed by atoms with Gasteiger partial charge in [-0.15, -0.1) is 11.3 Å². The van der Waals surface area contributed by atoms with Crippen LogP contribution in [0.3, 0.4) is 0 Å². The highest BCUT2D eigenvalue weighted by atomic mass is 32.1. The van der Waals surface area contributed by atoms with E-state index >= 15 is 0 Å². The van der Waals surface area contributed by atoms with Crippen LogP contribution in [0.5, 0.6) is 0 Å². The first-order valence-electron chi connectivity index (χ1n) is 9.52. The molecule has 0 aromatic carbocycles. The molecule has 7 nitrogen and oxygen atoms in total. The van der Waals surface area contributed by atoms with Gasteiger partial charge in [0.05, 0.1) is 16.7 Å². The lowest BCUT2D eigenvalue weighted by molar-refractivity contribution is -0.126. The number of pyridine rings is 1. The number of nitrogens with zero attached hydrogens (tertiary/aromatic N) is 5. The highest BCUT2D eigenvalue weighted by Crippen LogP contribution is 2.35. The fraction of sp³-hybridized carbons (Fsp3) is 0.286. The van der Waals surface area contributed by atoms with Crippen molar-refractivity contribution in [3.8, 4) is 0 Å². The standard InChI is InChI=1S/C21H22N6OS/c1-14-5-3-9-23-20(14)26-21-19(22-10-11-24-21)17-6-4-12-27(17)18(28)8-7-16-13-29-15(2)25-16/h3,5,7-11,13,17H,4,6,12H2,1-2H3,(H,23,24,26)/b8-7+/t17-/m1/s1. The maximum Gasteiger partial charge on any atom is 0.247 e. The molecule has 1 amide bonds. The van der Waals surface area contributed by atoms with Crippen LogP contribution in [-0.2, 0) is 4.79 Å². The number of thiazole rings is 1. The van der Waals surface area contributed by atoms with E-state index in [2.05, 4.69) is 25.3 Å². The van der Waals surface area contributed by atoms with Crippen molar-refractivity contribution in [1.82, 2.24) is 24.8 Å². The van der Waals surface area contributed by atoms with Crippen molar-refractivity contribution in [2.45, 2.75) is 32.7 Å². The van der Waals surface area contributed by atoms with Gasteiger partial charge in [0, 0.05) is 36.6 Å². The number of nitrogens with one attached hydrogen (secondary N) is 1. The van der Waals surface area contributed by atoms with E-state index in [1.165, 1.54) is 0 Å². The van der Waals surface area contributed by atoms with Crippen LogP contribution in [0.25, 0.3) is 6.08 Å². The first-order valence-corrected chi connectivity index (χ1v) is 10.4. The third-order valence-corrected chi connectivity index (χ3v) is 5.65. The van der Waals surface area contributed by atoms with E-state index in [1.54, 1.807) is 42.1 Å². The zero-order valence-corrected chi connectivity index (χ0v) is 17.2. The fourth-order valence-electron chi connectivity index (χ4n) is 3.44. The van der Waals surface area contributed by atoms with Crippen LogP contribution in [0.1, 0.15) is 40.8 Å². The lowest BCUT2D eigenvalue weighted by Gasteiger charge is -2.24. The molecule has 0 aliphatic carbocycles. The second-order valence-corrected chi connectivity index (χ2v) is 7.96. The van der Waals surface area contributed by atoms with Gasteiger partial charge in [0.25, 0.3) is 0 Å². The minimum atomic E-state index is -0.121. The minimum Gasteiger partial charge on any atom is -0.330 e. The molecule has 1 aliphatic heterocycles.